The van der Waals surface area contributed by atoms with E-state index in [1.54, 1.807) is 28.0 Å². The van der Waals surface area contributed by atoms with Crippen molar-refractivity contribution in [3.8, 4) is 11.5 Å². The molecule has 2 fully saturated rings. The maximum Gasteiger partial charge on any atom is 0.573 e. The number of rotatable bonds is 4. The van der Waals surface area contributed by atoms with Crippen LogP contribution < -0.4 is 14.4 Å². The van der Waals surface area contributed by atoms with Crippen LogP contribution in [0.2, 0.25) is 0 Å². The Balaban J connectivity index is 1.44. The molecule has 2 unspecified atom stereocenters. The van der Waals surface area contributed by atoms with Gasteiger partial charge in [-0.1, -0.05) is 24.3 Å². The molecule has 2 amide bonds. The van der Waals surface area contributed by atoms with E-state index in [2.05, 4.69) is 4.74 Å². The molecule has 1 saturated heterocycles. The summed E-state index contributed by atoms with van der Waals surface area (Å²) >= 11 is 0. The Kier molecular flexibility index (Phi) is 4.98. The van der Waals surface area contributed by atoms with Crippen molar-refractivity contribution < 1.29 is 32.2 Å². The first-order valence-electron chi connectivity index (χ1n) is 10.5. The predicted octanol–water partition coefficient (Wildman–Crippen LogP) is 3.89. The van der Waals surface area contributed by atoms with E-state index in [4.69, 9.17) is 4.74 Å². The van der Waals surface area contributed by atoms with Crippen LogP contribution in [-0.2, 0) is 16.1 Å². The zero-order valence-corrected chi connectivity index (χ0v) is 17.0. The zero-order chi connectivity index (χ0) is 22.5. The standard InChI is InChI=1S/C23H21F3N2O4/c24-23(25,26)32-16-9-5-14(6-10-16)12-27-18-3-1-2-4-20(18)31-17-11-19(22(27)30)28(13-17)21(29)15-7-8-15/h1-6,9-10,15,17,19H,7-8,11-13H2. The normalized spacial score (nSPS) is 22.7. The summed E-state index contributed by atoms with van der Waals surface area (Å²) in [5, 5.41) is 0. The maximum absolute atomic E-state index is 13.6. The second-order valence-electron chi connectivity index (χ2n) is 8.34. The lowest BCUT2D eigenvalue weighted by atomic mass is 10.1. The predicted molar refractivity (Wildman–Crippen MR) is 108 cm³/mol. The Labute approximate surface area is 182 Å². The molecule has 2 heterocycles. The van der Waals surface area contributed by atoms with Crippen LogP contribution in [0.4, 0.5) is 18.9 Å². The quantitative estimate of drug-likeness (QED) is 0.715. The molecule has 3 aliphatic rings. The summed E-state index contributed by atoms with van der Waals surface area (Å²) in [5.74, 6) is -0.0189. The number of anilines is 1. The largest absolute Gasteiger partial charge is 0.573 e. The van der Waals surface area contributed by atoms with Crippen molar-refractivity contribution in [3.63, 3.8) is 0 Å². The number of para-hydroxylation sites is 2. The number of ether oxygens (including phenoxy) is 2. The van der Waals surface area contributed by atoms with Crippen molar-refractivity contribution >= 4 is 17.5 Å². The molecule has 0 radical (unpaired) electrons. The number of alkyl halides is 3. The molecule has 6 nitrogen and oxygen atoms in total. The van der Waals surface area contributed by atoms with Crippen LogP contribution in [-0.4, -0.2) is 41.8 Å². The number of hydrogen-bond donors (Lipinski definition) is 0. The molecule has 168 valence electrons. The van der Waals surface area contributed by atoms with Gasteiger partial charge in [0.15, 0.2) is 0 Å². The zero-order valence-electron chi connectivity index (χ0n) is 17.0. The van der Waals surface area contributed by atoms with Gasteiger partial charge in [0, 0.05) is 12.3 Å². The number of fused-ring (bicyclic) bond motifs is 3. The summed E-state index contributed by atoms with van der Waals surface area (Å²) in [4.78, 5) is 29.6. The molecule has 1 saturated carbocycles. The fourth-order valence-corrected chi connectivity index (χ4v) is 4.33. The Morgan fingerprint density at radius 3 is 2.50 bits per heavy atom. The monoisotopic (exact) mass is 446 g/mol. The van der Waals surface area contributed by atoms with Crippen molar-refractivity contribution in [1.29, 1.82) is 0 Å². The molecule has 0 N–H and O–H groups in total. The van der Waals surface area contributed by atoms with Crippen LogP contribution in [0.3, 0.4) is 0 Å². The number of benzene rings is 2. The third-order valence-corrected chi connectivity index (χ3v) is 5.97. The second kappa shape index (κ2) is 7.72. The highest BCUT2D eigenvalue weighted by Gasteiger charge is 2.47. The van der Waals surface area contributed by atoms with Crippen molar-refractivity contribution in [2.24, 2.45) is 5.92 Å². The van der Waals surface area contributed by atoms with Gasteiger partial charge in [0.25, 0.3) is 0 Å². The van der Waals surface area contributed by atoms with Crippen molar-refractivity contribution in [2.45, 2.75) is 44.3 Å². The summed E-state index contributed by atoms with van der Waals surface area (Å²) in [7, 11) is 0. The van der Waals surface area contributed by atoms with Crippen molar-refractivity contribution in [1.82, 2.24) is 4.90 Å². The molecule has 9 heteroatoms. The molecule has 2 aromatic rings. The van der Waals surface area contributed by atoms with Gasteiger partial charge in [0.05, 0.1) is 18.8 Å². The van der Waals surface area contributed by atoms with E-state index in [0.717, 1.165) is 12.8 Å². The average Bonchev–Trinajstić information content (AvgIpc) is 3.51. The minimum atomic E-state index is -4.77. The maximum atomic E-state index is 13.6. The van der Waals surface area contributed by atoms with E-state index in [1.807, 2.05) is 6.07 Å². The number of halogens is 3. The summed E-state index contributed by atoms with van der Waals surface area (Å²) in [6.45, 7) is 0.496. The summed E-state index contributed by atoms with van der Waals surface area (Å²) in [5.41, 5.74) is 1.20. The van der Waals surface area contributed by atoms with Gasteiger partial charge in [-0.05, 0) is 42.7 Å². The summed E-state index contributed by atoms with van der Waals surface area (Å²) < 4.78 is 47.4. The van der Waals surface area contributed by atoms with Gasteiger partial charge < -0.3 is 19.3 Å². The van der Waals surface area contributed by atoms with E-state index in [9.17, 15) is 22.8 Å². The van der Waals surface area contributed by atoms with Gasteiger partial charge in [-0.2, -0.15) is 0 Å². The van der Waals surface area contributed by atoms with E-state index in [0.29, 0.717) is 30.0 Å². The fourth-order valence-electron chi connectivity index (χ4n) is 4.33. The Morgan fingerprint density at radius 2 is 1.81 bits per heavy atom. The van der Waals surface area contributed by atoms with Gasteiger partial charge >= 0.3 is 6.36 Å². The lowest BCUT2D eigenvalue weighted by molar-refractivity contribution is -0.274. The summed E-state index contributed by atoms with van der Waals surface area (Å²) in [6.07, 6.45) is -2.92. The first kappa shape index (κ1) is 20.7. The highest BCUT2D eigenvalue weighted by Crippen LogP contribution is 2.39. The average molecular weight is 446 g/mol. The van der Waals surface area contributed by atoms with Gasteiger partial charge in [0.2, 0.25) is 11.8 Å². The molecule has 2 bridgehead atoms. The van der Waals surface area contributed by atoms with Crippen molar-refractivity contribution in [3.05, 3.63) is 54.1 Å². The Morgan fingerprint density at radius 1 is 1.09 bits per heavy atom. The topological polar surface area (TPSA) is 59.1 Å². The Bertz CT molecular complexity index is 1040. The molecule has 32 heavy (non-hydrogen) atoms. The SMILES string of the molecule is O=C1C2CC(CN2C(=O)C2CC2)Oc2ccccc2N1Cc1ccc(OC(F)(F)F)cc1. The van der Waals surface area contributed by atoms with Crippen LogP contribution in [0.5, 0.6) is 11.5 Å². The third-order valence-electron chi connectivity index (χ3n) is 5.97. The third kappa shape index (κ3) is 4.11. The first-order valence-corrected chi connectivity index (χ1v) is 10.5. The van der Waals surface area contributed by atoms with Gasteiger partial charge in [-0.15, -0.1) is 13.2 Å². The van der Waals surface area contributed by atoms with Gasteiger partial charge in [-0.25, -0.2) is 0 Å². The smallest absolute Gasteiger partial charge is 0.486 e. The number of carbonyl (C=O) groups is 2. The van der Waals surface area contributed by atoms with E-state index < -0.39 is 12.4 Å². The molecule has 0 spiro atoms. The van der Waals surface area contributed by atoms with Crippen LogP contribution in [0.15, 0.2) is 48.5 Å². The van der Waals surface area contributed by atoms with Crippen LogP contribution in [0.1, 0.15) is 24.8 Å². The van der Waals surface area contributed by atoms with E-state index >= 15 is 0 Å². The van der Waals surface area contributed by atoms with E-state index in [1.165, 1.54) is 24.3 Å². The lowest BCUT2D eigenvalue weighted by Crippen LogP contribution is -2.48. The molecule has 2 aliphatic heterocycles. The van der Waals surface area contributed by atoms with Gasteiger partial charge in [0.1, 0.15) is 23.6 Å². The highest BCUT2D eigenvalue weighted by atomic mass is 19.4. The lowest BCUT2D eigenvalue weighted by Gasteiger charge is -2.32. The second-order valence-corrected chi connectivity index (χ2v) is 8.34. The molecular formula is C23H21F3N2O4. The molecule has 2 aromatic carbocycles. The molecule has 5 rings (SSSR count). The highest BCUT2D eigenvalue weighted by molar-refractivity contribution is 6.01. The number of hydrogen-bond acceptors (Lipinski definition) is 4. The molecule has 2 atom stereocenters. The molecular weight excluding hydrogens is 425 g/mol. The number of likely N-dealkylation sites (tertiary alicyclic amines) is 1. The first-order chi connectivity index (χ1) is 15.3. The molecule has 0 aromatic heterocycles. The number of carbonyl (C=O) groups excluding carboxylic acids is 2. The van der Waals surface area contributed by atoms with Crippen LogP contribution in [0, 0.1) is 5.92 Å². The minimum absolute atomic E-state index is 0.00555. The van der Waals surface area contributed by atoms with E-state index in [-0.39, 0.29) is 36.1 Å². The minimum Gasteiger partial charge on any atom is -0.486 e. The van der Waals surface area contributed by atoms with Crippen LogP contribution >= 0.6 is 0 Å². The number of nitrogens with zero attached hydrogens (tertiary/aromatic N) is 2. The number of amides is 2. The fraction of sp³-hybridized carbons (Fsp3) is 0.391. The summed E-state index contributed by atoms with van der Waals surface area (Å²) in [6, 6.07) is 11.9. The Hall–Kier alpha value is -3.23. The van der Waals surface area contributed by atoms with Crippen LogP contribution in [0.25, 0.3) is 0 Å². The van der Waals surface area contributed by atoms with Crippen molar-refractivity contribution in [2.75, 3.05) is 11.4 Å². The molecule has 1 aliphatic carbocycles. The van der Waals surface area contributed by atoms with Gasteiger partial charge in [-0.3, -0.25) is 9.59 Å².